The summed E-state index contributed by atoms with van der Waals surface area (Å²) >= 11 is 0. The molecule has 0 saturated carbocycles. The van der Waals surface area contributed by atoms with Gasteiger partial charge in [-0.1, -0.05) is 199 Å². The van der Waals surface area contributed by atoms with Gasteiger partial charge in [0, 0.05) is 12.8 Å². The maximum Gasteiger partial charge on any atom is 0.306 e. The van der Waals surface area contributed by atoms with Gasteiger partial charge in [-0.2, -0.15) is 8.42 Å². The van der Waals surface area contributed by atoms with Crippen molar-refractivity contribution in [3.8, 4) is 0 Å². The molecule has 6 unspecified atom stereocenters. The van der Waals surface area contributed by atoms with Crippen LogP contribution in [0.2, 0.25) is 0 Å². The molecule has 12 nitrogen and oxygen atoms in total. The molecule has 1 rings (SSSR count). The third kappa shape index (κ3) is 35.3. The molecule has 0 aromatic rings. The molecule has 1 aliphatic rings. The summed E-state index contributed by atoms with van der Waals surface area (Å²) in [6.07, 6.45) is 37.9. The van der Waals surface area contributed by atoms with E-state index in [1.54, 1.807) is 0 Å². The molecule has 0 radical (unpaired) electrons. The van der Waals surface area contributed by atoms with E-state index in [2.05, 4.69) is 38.2 Å². The highest BCUT2D eigenvalue weighted by Gasteiger charge is 2.46. The summed E-state index contributed by atoms with van der Waals surface area (Å²) in [5, 5.41) is 31.0. The highest BCUT2D eigenvalue weighted by atomic mass is 32.2. The van der Waals surface area contributed by atoms with Crippen molar-refractivity contribution < 1.29 is 56.8 Å². The molecule has 0 amide bonds. The van der Waals surface area contributed by atoms with Crippen LogP contribution in [-0.2, 0) is 38.7 Å². The van der Waals surface area contributed by atoms with Crippen molar-refractivity contribution in [2.24, 2.45) is 0 Å². The molecule has 1 heterocycles. The smallest absolute Gasteiger partial charge is 0.306 e. The highest BCUT2D eigenvalue weighted by Crippen LogP contribution is 2.24. The minimum atomic E-state index is -4.60. The molecular weight excluding hydrogens is 837 g/mol. The number of aliphatic hydroxyl groups is 3. The van der Waals surface area contributed by atoms with Crippen LogP contribution < -0.4 is 0 Å². The highest BCUT2D eigenvalue weighted by molar-refractivity contribution is 7.85. The molecule has 0 aliphatic carbocycles. The molecule has 0 aromatic carbocycles. The Labute approximate surface area is 389 Å². The fourth-order valence-corrected chi connectivity index (χ4v) is 8.69. The van der Waals surface area contributed by atoms with Gasteiger partial charge in [0.2, 0.25) is 0 Å². The number of unbranched alkanes of at least 4 members (excludes halogenated alkanes) is 28. The second-order valence-corrected chi connectivity index (χ2v) is 19.7. The first kappa shape index (κ1) is 60.1. The average molecular weight is 931 g/mol. The number of aliphatic hydroxyl groups excluding tert-OH is 3. The number of hydrogen-bond donors (Lipinski definition) is 4. The number of allylic oxidation sites excluding steroid dienone is 4. The predicted molar refractivity (Wildman–Crippen MR) is 256 cm³/mol. The van der Waals surface area contributed by atoms with E-state index in [1.807, 2.05) is 0 Å². The van der Waals surface area contributed by atoms with Crippen LogP contribution in [0.5, 0.6) is 0 Å². The van der Waals surface area contributed by atoms with Crippen molar-refractivity contribution in [2.45, 2.75) is 269 Å². The van der Waals surface area contributed by atoms with E-state index >= 15 is 0 Å². The lowest BCUT2D eigenvalue weighted by Gasteiger charge is -2.40. The van der Waals surface area contributed by atoms with Crippen LogP contribution in [0.15, 0.2) is 24.3 Å². The summed E-state index contributed by atoms with van der Waals surface area (Å²) in [5.74, 6) is -1.97. The summed E-state index contributed by atoms with van der Waals surface area (Å²) in [6, 6.07) is 0. The minimum Gasteiger partial charge on any atom is -0.462 e. The normalized spacial score (nSPS) is 19.8. The first-order valence-electron chi connectivity index (χ1n) is 25.9. The van der Waals surface area contributed by atoms with E-state index in [9.17, 15) is 37.9 Å². The first-order chi connectivity index (χ1) is 31.0. The van der Waals surface area contributed by atoms with E-state index in [0.29, 0.717) is 12.8 Å². The van der Waals surface area contributed by atoms with Gasteiger partial charge in [-0.3, -0.25) is 14.1 Å². The Hall–Kier alpha value is -1.87. The molecule has 64 heavy (non-hydrogen) atoms. The predicted octanol–water partition coefficient (Wildman–Crippen LogP) is 11.6. The maximum absolute atomic E-state index is 12.9. The molecule has 1 saturated heterocycles. The lowest BCUT2D eigenvalue weighted by atomic mass is 10.00. The van der Waals surface area contributed by atoms with E-state index in [1.165, 1.54) is 148 Å². The van der Waals surface area contributed by atoms with Crippen molar-refractivity contribution in [3.05, 3.63) is 24.3 Å². The van der Waals surface area contributed by atoms with Crippen molar-refractivity contribution in [1.82, 2.24) is 0 Å². The minimum absolute atomic E-state index is 0.165. The zero-order chi connectivity index (χ0) is 46.9. The topological polar surface area (TPSA) is 186 Å². The summed E-state index contributed by atoms with van der Waals surface area (Å²) in [6.45, 7) is 3.78. The summed E-state index contributed by atoms with van der Waals surface area (Å²) < 4.78 is 54.2. The second kappa shape index (κ2) is 41.3. The van der Waals surface area contributed by atoms with Gasteiger partial charge in [-0.15, -0.1) is 0 Å². The van der Waals surface area contributed by atoms with Gasteiger partial charge in [-0.25, -0.2) is 0 Å². The molecular formula is C51H94O12S. The van der Waals surface area contributed by atoms with Gasteiger partial charge < -0.3 is 34.3 Å². The van der Waals surface area contributed by atoms with Crippen molar-refractivity contribution in [3.63, 3.8) is 0 Å². The fraction of sp³-hybridized carbons (Fsp3) is 0.882. The van der Waals surface area contributed by atoms with E-state index in [4.69, 9.17) is 18.9 Å². The van der Waals surface area contributed by atoms with Gasteiger partial charge in [-0.05, 0) is 44.9 Å². The van der Waals surface area contributed by atoms with Gasteiger partial charge >= 0.3 is 11.9 Å². The van der Waals surface area contributed by atoms with Crippen molar-refractivity contribution >= 4 is 22.1 Å². The number of carbonyl (C=O) groups is 2. The Morgan fingerprint density at radius 2 is 0.938 bits per heavy atom. The molecule has 6 atom stereocenters. The Morgan fingerprint density at radius 3 is 1.38 bits per heavy atom. The zero-order valence-corrected chi connectivity index (χ0v) is 41.2. The maximum atomic E-state index is 12.9. The van der Waals surface area contributed by atoms with Gasteiger partial charge in [0.1, 0.15) is 36.8 Å². The standard InChI is InChI=1S/C51H94O12S/c1-3-5-7-9-11-13-15-17-18-19-20-21-22-23-24-25-26-28-30-32-34-36-38-40-47(53)62-44(42-61-51-50(56)49(55)48(54)45(63-51)43-64(57,58)59)41-60-46(52)39-37-35-33-31-29-27-16-14-12-10-8-6-4-2/h15,17,19-20,44-45,48-51,54-56H,3-14,16,18,21-43H2,1-2H3,(H,57,58,59)/b17-15-,20-19-. The number of rotatable bonds is 44. The van der Waals surface area contributed by atoms with Crippen LogP contribution in [-0.4, -0.2) is 96.0 Å². The molecule has 0 aromatic heterocycles. The summed E-state index contributed by atoms with van der Waals surface area (Å²) in [4.78, 5) is 25.5. The Balaban J connectivity index is 2.34. The van der Waals surface area contributed by atoms with Gasteiger partial charge in [0.05, 0.1) is 6.61 Å². The number of esters is 2. The van der Waals surface area contributed by atoms with Crippen LogP contribution >= 0.6 is 0 Å². The lowest BCUT2D eigenvalue weighted by molar-refractivity contribution is -0.297. The Bertz CT molecular complexity index is 1270. The van der Waals surface area contributed by atoms with E-state index < -0.39 is 71.2 Å². The van der Waals surface area contributed by atoms with Crippen LogP contribution in [0.3, 0.4) is 0 Å². The number of hydrogen-bond acceptors (Lipinski definition) is 11. The van der Waals surface area contributed by atoms with Gasteiger partial charge in [0.25, 0.3) is 10.1 Å². The monoisotopic (exact) mass is 931 g/mol. The summed E-state index contributed by atoms with van der Waals surface area (Å²) in [5.41, 5.74) is 0. The van der Waals surface area contributed by atoms with Crippen LogP contribution in [0, 0.1) is 0 Å². The largest absolute Gasteiger partial charge is 0.462 e. The molecule has 13 heteroatoms. The molecule has 1 aliphatic heterocycles. The fourth-order valence-electron chi connectivity index (χ4n) is 8.00. The third-order valence-corrected chi connectivity index (χ3v) is 12.8. The second-order valence-electron chi connectivity index (χ2n) is 18.2. The molecule has 0 bridgehead atoms. The van der Waals surface area contributed by atoms with Crippen LogP contribution in [0.1, 0.15) is 232 Å². The zero-order valence-electron chi connectivity index (χ0n) is 40.4. The summed E-state index contributed by atoms with van der Waals surface area (Å²) in [7, 11) is -4.60. The van der Waals surface area contributed by atoms with Crippen molar-refractivity contribution in [1.29, 1.82) is 0 Å². The number of carbonyl (C=O) groups excluding carboxylic acids is 2. The lowest BCUT2D eigenvalue weighted by Crippen LogP contribution is -2.60. The molecule has 0 spiro atoms. The molecule has 1 fully saturated rings. The van der Waals surface area contributed by atoms with Crippen LogP contribution in [0.4, 0.5) is 0 Å². The molecule has 376 valence electrons. The third-order valence-electron chi connectivity index (χ3n) is 12.0. The first-order valence-corrected chi connectivity index (χ1v) is 27.5. The van der Waals surface area contributed by atoms with E-state index in [0.717, 1.165) is 44.9 Å². The number of ether oxygens (including phenoxy) is 4. The van der Waals surface area contributed by atoms with E-state index in [-0.39, 0.29) is 19.4 Å². The molecule has 4 N–H and O–H groups in total. The SMILES string of the molecule is CCCCCCC/C=C\C/C=C\CCCCCCCCCCCCCC(=O)OC(COC(=O)CCCCCCCCCCCCCCC)COC1OC(CS(=O)(=O)O)C(O)C(O)C1O. The van der Waals surface area contributed by atoms with Crippen molar-refractivity contribution in [2.75, 3.05) is 19.0 Å². The van der Waals surface area contributed by atoms with Crippen LogP contribution in [0.25, 0.3) is 0 Å². The Morgan fingerprint density at radius 1 is 0.531 bits per heavy atom. The Kier molecular flexibility index (Phi) is 38.8. The van der Waals surface area contributed by atoms with Gasteiger partial charge in [0.15, 0.2) is 12.4 Å². The average Bonchev–Trinajstić information content (AvgIpc) is 3.26. The quantitative estimate of drug-likeness (QED) is 0.0196.